The van der Waals surface area contributed by atoms with Crippen LogP contribution in [0.5, 0.6) is 11.5 Å². The molecule has 2 aromatic rings. The Labute approximate surface area is 215 Å². The molecule has 2 atom stereocenters. The Balaban J connectivity index is 1.70. The molecule has 0 aliphatic rings. The van der Waals surface area contributed by atoms with Crippen molar-refractivity contribution in [1.82, 2.24) is 21.3 Å². The fraction of sp³-hybridized carbons (Fsp3) is 0.500. The van der Waals surface area contributed by atoms with Crippen molar-refractivity contribution >= 4 is 11.8 Å². The summed E-state index contributed by atoms with van der Waals surface area (Å²) >= 11 is 0. The van der Waals surface area contributed by atoms with Crippen molar-refractivity contribution in [2.24, 2.45) is 11.8 Å². The van der Waals surface area contributed by atoms with Gasteiger partial charge in [-0.05, 0) is 47.2 Å². The van der Waals surface area contributed by atoms with Gasteiger partial charge in [0.15, 0.2) is 0 Å². The van der Waals surface area contributed by atoms with Crippen LogP contribution in [0.2, 0.25) is 0 Å². The Morgan fingerprint density at radius 3 is 1.25 bits per heavy atom. The fourth-order valence-electron chi connectivity index (χ4n) is 4.03. The number of methoxy groups -OCH3 is 2. The van der Waals surface area contributed by atoms with E-state index < -0.39 is 0 Å². The van der Waals surface area contributed by atoms with E-state index in [0.29, 0.717) is 24.9 Å². The van der Waals surface area contributed by atoms with Gasteiger partial charge in [-0.1, -0.05) is 52.0 Å². The molecule has 0 aliphatic heterocycles. The van der Waals surface area contributed by atoms with Crippen LogP contribution in [-0.4, -0.2) is 52.2 Å². The van der Waals surface area contributed by atoms with Crippen LogP contribution in [0, 0.1) is 11.8 Å². The summed E-state index contributed by atoms with van der Waals surface area (Å²) in [6, 6.07) is 15.8. The van der Waals surface area contributed by atoms with Crippen molar-refractivity contribution in [3.05, 3.63) is 59.7 Å². The molecule has 0 bridgehead atoms. The van der Waals surface area contributed by atoms with E-state index in [0.717, 1.165) is 22.6 Å². The lowest BCUT2D eigenvalue weighted by Crippen LogP contribution is -2.42. The summed E-state index contributed by atoms with van der Waals surface area (Å²) in [6.45, 7) is 9.58. The largest absolute Gasteiger partial charge is 0.497 e. The molecule has 0 saturated heterocycles. The molecule has 0 radical (unpaired) electrons. The van der Waals surface area contributed by atoms with Crippen molar-refractivity contribution in [3.8, 4) is 11.5 Å². The number of carbonyl (C=O) groups is 2. The third-order valence-corrected chi connectivity index (χ3v) is 6.02. The van der Waals surface area contributed by atoms with Crippen molar-refractivity contribution in [1.29, 1.82) is 0 Å². The first-order valence-electron chi connectivity index (χ1n) is 12.5. The van der Waals surface area contributed by atoms with Gasteiger partial charge in [-0.15, -0.1) is 0 Å². The second kappa shape index (κ2) is 15.1. The average molecular weight is 499 g/mol. The predicted octanol–water partition coefficient (Wildman–Crippen LogP) is 3.21. The van der Waals surface area contributed by atoms with Gasteiger partial charge in [0, 0.05) is 25.2 Å². The highest BCUT2D eigenvalue weighted by Gasteiger charge is 2.18. The van der Waals surface area contributed by atoms with E-state index in [2.05, 4.69) is 49.0 Å². The van der Waals surface area contributed by atoms with Crippen molar-refractivity contribution in [3.63, 3.8) is 0 Å². The molecule has 2 amide bonds. The van der Waals surface area contributed by atoms with Gasteiger partial charge in [-0.3, -0.25) is 9.59 Å². The summed E-state index contributed by atoms with van der Waals surface area (Å²) < 4.78 is 10.4. The van der Waals surface area contributed by atoms with Crippen LogP contribution in [0.4, 0.5) is 0 Å². The minimum Gasteiger partial charge on any atom is -0.497 e. The standard InChI is InChI=1S/C28H42N4O4/c1-19(2)27(21-7-11-23(35-5)12-8-21)31-17-25(33)29-15-16-30-26(34)18-32-28(20(3)4)22-9-13-24(36-6)14-10-22/h7-14,19-20,27-28,31-32H,15-18H2,1-6H3,(H,29,33)(H,30,34)/t27-,28-/m0/s1. The van der Waals surface area contributed by atoms with Crippen LogP contribution >= 0.6 is 0 Å². The molecule has 0 saturated carbocycles. The Morgan fingerprint density at radius 1 is 0.639 bits per heavy atom. The second-order valence-corrected chi connectivity index (χ2v) is 9.45. The zero-order valence-electron chi connectivity index (χ0n) is 22.4. The maximum absolute atomic E-state index is 12.3. The van der Waals surface area contributed by atoms with Crippen LogP contribution in [0.1, 0.15) is 50.9 Å². The minimum absolute atomic E-state index is 0.0482. The quantitative estimate of drug-likeness (QED) is 0.282. The zero-order chi connectivity index (χ0) is 26.5. The fourth-order valence-corrected chi connectivity index (χ4v) is 4.03. The van der Waals surface area contributed by atoms with Gasteiger partial charge in [0.25, 0.3) is 0 Å². The molecule has 0 unspecified atom stereocenters. The van der Waals surface area contributed by atoms with E-state index in [9.17, 15) is 9.59 Å². The summed E-state index contributed by atoms with van der Waals surface area (Å²) in [6.07, 6.45) is 0. The maximum atomic E-state index is 12.3. The molecule has 2 aromatic carbocycles. The van der Waals surface area contributed by atoms with Gasteiger partial charge in [0.05, 0.1) is 27.3 Å². The second-order valence-electron chi connectivity index (χ2n) is 9.45. The SMILES string of the molecule is COc1ccc([C@@H](NCC(=O)NCCNC(=O)CN[C@H](c2ccc(OC)cc2)C(C)C)C(C)C)cc1. The molecule has 198 valence electrons. The van der Waals surface area contributed by atoms with Crippen molar-refractivity contribution < 1.29 is 19.1 Å². The number of rotatable bonds is 15. The predicted molar refractivity (Wildman–Crippen MR) is 143 cm³/mol. The Kier molecular flexibility index (Phi) is 12.2. The zero-order valence-corrected chi connectivity index (χ0v) is 22.4. The highest BCUT2D eigenvalue weighted by Crippen LogP contribution is 2.24. The molecule has 0 aromatic heterocycles. The minimum atomic E-state index is -0.110. The lowest BCUT2D eigenvalue weighted by molar-refractivity contribution is -0.122. The monoisotopic (exact) mass is 498 g/mol. The summed E-state index contributed by atoms with van der Waals surface area (Å²) in [5.41, 5.74) is 2.21. The van der Waals surface area contributed by atoms with Crippen LogP contribution in [0.3, 0.4) is 0 Å². The summed E-state index contributed by atoms with van der Waals surface area (Å²) in [5, 5.41) is 12.4. The van der Waals surface area contributed by atoms with Gasteiger partial charge < -0.3 is 30.7 Å². The highest BCUT2D eigenvalue weighted by atomic mass is 16.5. The lowest BCUT2D eigenvalue weighted by Gasteiger charge is -2.23. The molecule has 2 rings (SSSR count). The summed E-state index contributed by atoms with van der Waals surface area (Å²) in [4.78, 5) is 24.6. The van der Waals surface area contributed by atoms with E-state index in [1.807, 2.05) is 48.5 Å². The molecule has 8 nitrogen and oxygen atoms in total. The van der Waals surface area contributed by atoms with Gasteiger partial charge in [0.1, 0.15) is 11.5 Å². The molecular formula is C28H42N4O4. The highest BCUT2D eigenvalue weighted by molar-refractivity contribution is 5.79. The molecule has 0 heterocycles. The van der Waals surface area contributed by atoms with Gasteiger partial charge in [-0.2, -0.15) is 0 Å². The molecule has 0 fully saturated rings. The Hall–Kier alpha value is -3.10. The third-order valence-electron chi connectivity index (χ3n) is 6.02. The van der Waals surface area contributed by atoms with Crippen molar-refractivity contribution in [2.45, 2.75) is 39.8 Å². The molecular weight excluding hydrogens is 456 g/mol. The number of hydrogen-bond donors (Lipinski definition) is 4. The van der Waals surface area contributed by atoms with Crippen LogP contribution in [0.25, 0.3) is 0 Å². The van der Waals surface area contributed by atoms with Gasteiger partial charge in [-0.25, -0.2) is 0 Å². The number of hydrogen-bond acceptors (Lipinski definition) is 6. The van der Waals surface area contributed by atoms with Gasteiger partial charge in [0.2, 0.25) is 11.8 Å². The molecule has 0 aliphatic carbocycles. The first-order valence-corrected chi connectivity index (χ1v) is 12.5. The molecule has 36 heavy (non-hydrogen) atoms. The number of benzene rings is 2. The molecule has 4 N–H and O–H groups in total. The van der Waals surface area contributed by atoms with Crippen molar-refractivity contribution in [2.75, 3.05) is 40.4 Å². The maximum Gasteiger partial charge on any atom is 0.234 e. The van der Waals surface area contributed by atoms with Crippen LogP contribution in [0.15, 0.2) is 48.5 Å². The summed E-state index contributed by atoms with van der Waals surface area (Å²) in [7, 11) is 3.28. The summed E-state index contributed by atoms with van der Waals surface area (Å²) in [5.74, 6) is 2.01. The van der Waals surface area contributed by atoms with Crippen LogP contribution in [-0.2, 0) is 9.59 Å². The van der Waals surface area contributed by atoms with E-state index in [1.54, 1.807) is 14.2 Å². The van der Waals surface area contributed by atoms with E-state index >= 15 is 0 Å². The third kappa shape index (κ3) is 9.51. The average Bonchev–Trinajstić information content (AvgIpc) is 2.87. The number of nitrogens with one attached hydrogen (secondary N) is 4. The first-order chi connectivity index (χ1) is 17.2. The van der Waals surface area contributed by atoms with Crippen LogP contribution < -0.4 is 30.7 Å². The van der Waals surface area contributed by atoms with E-state index in [1.165, 1.54) is 0 Å². The van der Waals surface area contributed by atoms with E-state index in [-0.39, 0.29) is 37.0 Å². The molecule has 8 heteroatoms. The molecule has 0 spiro atoms. The Morgan fingerprint density at radius 2 is 0.972 bits per heavy atom. The lowest BCUT2D eigenvalue weighted by atomic mass is 9.96. The van der Waals surface area contributed by atoms with E-state index in [4.69, 9.17) is 9.47 Å². The first kappa shape index (κ1) is 29.1. The topological polar surface area (TPSA) is 101 Å². The Bertz CT molecular complexity index is 852. The smallest absolute Gasteiger partial charge is 0.234 e. The number of ether oxygens (including phenoxy) is 2. The van der Waals surface area contributed by atoms with Gasteiger partial charge >= 0.3 is 0 Å². The normalized spacial score (nSPS) is 12.8. The number of carbonyl (C=O) groups excluding carboxylic acids is 2. The number of amides is 2.